The second-order valence-corrected chi connectivity index (χ2v) is 6.32. The first kappa shape index (κ1) is 14.9. The summed E-state index contributed by atoms with van der Waals surface area (Å²) in [6.45, 7) is 13.0. The highest BCUT2D eigenvalue weighted by Gasteiger charge is 2.28. The van der Waals surface area contributed by atoms with Gasteiger partial charge in [0.15, 0.2) is 0 Å². The van der Waals surface area contributed by atoms with Crippen molar-refractivity contribution in [3.05, 3.63) is 12.7 Å². The van der Waals surface area contributed by atoms with Gasteiger partial charge in [-0.1, -0.05) is 13.0 Å². The van der Waals surface area contributed by atoms with Crippen molar-refractivity contribution in [3.63, 3.8) is 0 Å². The molecular formula is C11H23O3P. The molecule has 0 saturated heterocycles. The summed E-state index contributed by atoms with van der Waals surface area (Å²) in [7, 11) is -2.98. The molecule has 1 atom stereocenters. The van der Waals surface area contributed by atoms with Crippen LogP contribution >= 0.6 is 7.60 Å². The van der Waals surface area contributed by atoms with Gasteiger partial charge in [-0.3, -0.25) is 4.57 Å². The second-order valence-electron chi connectivity index (χ2n) is 4.31. The predicted molar refractivity (Wildman–Crippen MR) is 64.3 cm³/mol. The van der Waals surface area contributed by atoms with Crippen molar-refractivity contribution in [1.29, 1.82) is 0 Å². The van der Waals surface area contributed by atoms with Crippen molar-refractivity contribution < 1.29 is 13.6 Å². The smallest absolute Gasteiger partial charge is 0.306 e. The van der Waals surface area contributed by atoms with Gasteiger partial charge in [0.1, 0.15) is 0 Å². The summed E-state index contributed by atoms with van der Waals surface area (Å²) in [5, 5.41) is 0. The molecule has 0 aromatic rings. The molecule has 0 unspecified atom stereocenters. The Morgan fingerprint density at radius 3 is 1.80 bits per heavy atom. The van der Waals surface area contributed by atoms with Crippen LogP contribution in [0.3, 0.4) is 0 Å². The van der Waals surface area contributed by atoms with E-state index in [1.165, 1.54) is 0 Å². The van der Waals surface area contributed by atoms with Gasteiger partial charge in [-0.2, -0.15) is 0 Å². The summed E-state index contributed by atoms with van der Waals surface area (Å²) >= 11 is 0. The minimum Gasteiger partial charge on any atom is -0.306 e. The van der Waals surface area contributed by atoms with Crippen LogP contribution in [-0.4, -0.2) is 18.4 Å². The highest BCUT2D eigenvalue weighted by atomic mass is 31.2. The molecule has 0 radical (unpaired) electrons. The molecule has 4 heteroatoms. The van der Waals surface area contributed by atoms with Crippen LogP contribution in [0, 0.1) is 5.92 Å². The van der Waals surface area contributed by atoms with Crippen molar-refractivity contribution in [3.8, 4) is 0 Å². The molecule has 0 aromatic carbocycles. The van der Waals surface area contributed by atoms with E-state index < -0.39 is 7.60 Å². The molecule has 0 fully saturated rings. The molecule has 0 amide bonds. The Labute approximate surface area is 93.4 Å². The SMILES string of the molecule is C=C[C@@H](C)CP(=O)(OC(C)C)OC(C)C. The molecular weight excluding hydrogens is 211 g/mol. The molecule has 0 rings (SSSR count). The topological polar surface area (TPSA) is 35.5 Å². The lowest BCUT2D eigenvalue weighted by molar-refractivity contribution is 0.141. The summed E-state index contributed by atoms with van der Waals surface area (Å²) < 4.78 is 23.1. The third-order valence-corrected chi connectivity index (χ3v) is 4.17. The minimum atomic E-state index is -2.98. The number of hydrogen-bond acceptors (Lipinski definition) is 3. The van der Waals surface area contributed by atoms with Gasteiger partial charge in [0.05, 0.1) is 18.4 Å². The third kappa shape index (κ3) is 6.88. The number of allylic oxidation sites excluding steroid dienone is 1. The summed E-state index contributed by atoms with van der Waals surface area (Å²) in [5.74, 6) is 0.133. The molecule has 0 saturated carbocycles. The van der Waals surface area contributed by atoms with Gasteiger partial charge in [-0.25, -0.2) is 0 Å². The van der Waals surface area contributed by atoms with Crippen LogP contribution in [0.4, 0.5) is 0 Å². The summed E-state index contributed by atoms with van der Waals surface area (Å²) in [6, 6.07) is 0. The first-order valence-electron chi connectivity index (χ1n) is 5.37. The van der Waals surface area contributed by atoms with Crippen LogP contribution in [0.5, 0.6) is 0 Å². The molecule has 0 bridgehead atoms. The quantitative estimate of drug-likeness (QED) is 0.495. The van der Waals surface area contributed by atoms with E-state index in [4.69, 9.17) is 9.05 Å². The molecule has 0 spiro atoms. The normalized spacial score (nSPS) is 14.6. The fraction of sp³-hybridized carbons (Fsp3) is 0.818. The van der Waals surface area contributed by atoms with Crippen LogP contribution in [0.25, 0.3) is 0 Å². The van der Waals surface area contributed by atoms with E-state index in [0.29, 0.717) is 6.16 Å². The molecule has 90 valence electrons. The molecule has 0 aliphatic carbocycles. The van der Waals surface area contributed by atoms with E-state index >= 15 is 0 Å². The zero-order valence-electron chi connectivity index (χ0n) is 10.4. The lowest BCUT2D eigenvalue weighted by Crippen LogP contribution is -2.13. The highest BCUT2D eigenvalue weighted by Crippen LogP contribution is 2.51. The van der Waals surface area contributed by atoms with E-state index in [9.17, 15) is 4.57 Å². The van der Waals surface area contributed by atoms with Gasteiger partial charge < -0.3 is 9.05 Å². The van der Waals surface area contributed by atoms with E-state index in [-0.39, 0.29) is 18.1 Å². The van der Waals surface area contributed by atoms with Crippen molar-refractivity contribution >= 4 is 7.60 Å². The fourth-order valence-corrected chi connectivity index (χ4v) is 3.54. The average Bonchev–Trinajstić information content (AvgIpc) is 1.99. The van der Waals surface area contributed by atoms with Crippen molar-refractivity contribution in [1.82, 2.24) is 0 Å². The van der Waals surface area contributed by atoms with Gasteiger partial charge >= 0.3 is 7.60 Å². The Balaban J connectivity index is 4.54. The molecule has 3 nitrogen and oxygen atoms in total. The Hall–Kier alpha value is -0.110. The highest BCUT2D eigenvalue weighted by molar-refractivity contribution is 7.53. The summed E-state index contributed by atoms with van der Waals surface area (Å²) in [4.78, 5) is 0. The Bertz CT molecular complexity index is 222. The lowest BCUT2D eigenvalue weighted by atomic mass is 10.2. The van der Waals surface area contributed by atoms with Crippen molar-refractivity contribution in [2.75, 3.05) is 6.16 Å². The third-order valence-electron chi connectivity index (χ3n) is 1.66. The van der Waals surface area contributed by atoms with Gasteiger partial charge in [-0.05, 0) is 33.6 Å². The summed E-state index contributed by atoms with van der Waals surface area (Å²) in [5.41, 5.74) is 0. The largest absolute Gasteiger partial charge is 0.331 e. The molecule has 0 N–H and O–H groups in total. The lowest BCUT2D eigenvalue weighted by Gasteiger charge is -2.24. The fourth-order valence-electron chi connectivity index (χ4n) is 1.18. The van der Waals surface area contributed by atoms with E-state index in [0.717, 1.165) is 0 Å². The zero-order chi connectivity index (χ0) is 12.1. The molecule has 0 heterocycles. The predicted octanol–water partition coefficient (Wildman–Crippen LogP) is 3.85. The van der Waals surface area contributed by atoms with Crippen LogP contribution in [-0.2, 0) is 13.6 Å². The maximum absolute atomic E-state index is 12.3. The van der Waals surface area contributed by atoms with Gasteiger partial charge in [-0.15, -0.1) is 6.58 Å². The van der Waals surface area contributed by atoms with Crippen LogP contribution in [0.1, 0.15) is 34.6 Å². The average molecular weight is 234 g/mol. The van der Waals surface area contributed by atoms with Gasteiger partial charge in [0.2, 0.25) is 0 Å². The first-order valence-corrected chi connectivity index (χ1v) is 7.10. The van der Waals surface area contributed by atoms with Crippen LogP contribution < -0.4 is 0 Å². The Morgan fingerprint density at radius 1 is 1.13 bits per heavy atom. The monoisotopic (exact) mass is 234 g/mol. The Kier molecular flexibility index (Phi) is 6.42. The molecule has 15 heavy (non-hydrogen) atoms. The van der Waals surface area contributed by atoms with Gasteiger partial charge in [0.25, 0.3) is 0 Å². The zero-order valence-corrected chi connectivity index (χ0v) is 11.3. The number of rotatable bonds is 7. The Morgan fingerprint density at radius 2 is 1.53 bits per heavy atom. The van der Waals surface area contributed by atoms with Crippen molar-refractivity contribution in [2.24, 2.45) is 5.92 Å². The number of hydrogen-bond donors (Lipinski definition) is 0. The summed E-state index contributed by atoms with van der Waals surface area (Å²) in [6.07, 6.45) is 1.98. The van der Waals surface area contributed by atoms with E-state index in [1.807, 2.05) is 34.6 Å². The molecule has 0 aromatic heterocycles. The maximum atomic E-state index is 12.3. The van der Waals surface area contributed by atoms with Gasteiger partial charge in [0, 0.05) is 0 Å². The standard InChI is InChI=1S/C11H23O3P/c1-7-11(6)8-15(12,13-9(2)3)14-10(4)5/h7,9-11H,1,8H2,2-6H3/t11-/m1/s1. The van der Waals surface area contributed by atoms with Crippen LogP contribution in [0.2, 0.25) is 0 Å². The van der Waals surface area contributed by atoms with E-state index in [2.05, 4.69) is 6.58 Å². The first-order chi connectivity index (χ1) is 6.79. The second kappa shape index (κ2) is 6.47. The molecule has 0 aliphatic rings. The van der Waals surface area contributed by atoms with Crippen molar-refractivity contribution in [2.45, 2.75) is 46.8 Å². The maximum Gasteiger partial charge on any atom is 0.331 e. The van der Waals surface area contributed by atoms with Crippen LogP contribution in [0.15, 0.2) is 12.7 Å². The minimum absolute atomic E-state index is 0.0911. The molecule has 0 aliphatic heterocycles. The van der Waals surface area contributed by atoms with E-state index in [1.54, 1.807) is 6.08 Å².